The van der Waals surface area contributed by atoms with Crippen LogP contribution >= 0.6 is 0 Å². The number of carbonyl (C=O) groups excluding carboxylic acids is 1. The fourth-order valence-electron chi connectivity index (χ4n) is 1.50. The molecule has 0 radical (unpaired) electrons. The Bertz CT molecular complexity index is 206. The van der Waals surface area contributed by atoms with Gasteiger partial charge in [0.25, 0.3) is 0 Å². The first kappa shape index (κ1) is 16.4. The van der Waals surface area contributed by atoms with Gasteiger partial charge in [-0.15, -0.1) is 0 Å². The minimum atomic E-state index is 0.103. The van der Waals surface area contributed by atoms with Crippen LogP contribution in [0.4, 0.5) is 0 Å². The molecule has 4 heteroatoms. The van der Waals surface area contributed by atoms with Crippen molar-refractivity contribution in [3.63, 3.8) is 0 Å². The number of ether oxygens (including phenoxy) is 1. The summed E-state index contributed by atoms with van der Waals surface area (Å²) < 4.78 is 5.42. The summed E-state index contributed by atoms with van der Waals surface area (Å²) in [7, 11) is 0. The van der Waals surface area contributed by atoms with Gasteiger partial charge in [-0.05, 0) is 26.7 Å². The van der Waals surface area contributed by atoms with Gasteiger partial charge in [-0.25, -0.2) is 0 Å². The molecule has 0 fully saturated rings. The van der Waals surface area contributed by atoms with Crippen molar-refractivity contribution in [1.29, 1.82) is 0 Å². The Morgan fingerprint density at radius 3 is 2.35 bits per heavy atom. The summed E-state index contributed by atoms with van der Waals surface area (Å²) >= 11 is 0. The third-order valence-corrected chi connectivity index (χ3v) is 2.51. The highest BCUT2D eigenvalue weighted by Crippen LogP contribution is 2.02. The van der Waals surface area contributed by atoms with Gasteiger partial charge in [0.1, 0.15) is 0 Å². The van der Waals surface area contributed by atoms with Crippen LogP contribution in [0.5, 0.6) is 0 Å². The molecule has 0 aromatic heterocycles. The first-order valence-electron chi connectivity index (χ1n) is 6.57. The van der Waals surface area contributed by atoms with E-state index in [1.165, 1.54) is 0 Å². The van der Waals surface area contributed by atoms with Gasteiger partial charge in [0.15, 0.2) is 0 Å². The van der Waals surface area contributed by atoms with Gasteiger partial charge in [-0.2, -0.15) is 0 Å². The molecule has 0 saturated carbocycles. The molecule has 0 aliphatic carbocycles. The molecule has 1 unspecified atom stereocenters. The fourth-order valence-corrected chi connectivity index (χ4v) is 1.50. The molecule has 0 aliphatic heterocycles. The zero-order valence-corrected chi connectivity index (χ0v) is 11.9. The SMILES string of the molecule is CCOCC(NCCC(=O)NC(C)C)C(C)C. The van der Waals surface area contributed by atoms with Gasteiger partial charge in [0.2, 0.25) is 5.91 Å². The zero-order valence-electron chi connectivity index (χ0n) is 11.9. The van der Waals surface area contributed by atoms with Gasteiger partial charge < -0.3 is 15.4 Å². The number of carbonyl (C=O) groups is 1. The Morgan fingerprint density at radius 2 is 1.88 bits per heavy atom. The Morgan fingerprint density at radius 1 is 1.24 bits per heavy atom. The maximum Gasteiger partial charge on any atom is 0.221 e. The molecule has 0 spiro atoms. The van der Waals surface area contributed by atoms with Crippen molar-refractivity contribution < 1.29 is 9.53 Å². The second-order valence-electron chi connectivity index (χ2n) is 4.94. The van der Waals surface area contributed by atoms with E-state index in [0.717, 1.165) is 6.61 Å². The second-order valence-corrected chi connectivity index (χ2v) is 4.94. The third kappa shape index (κ3) is 9.12. The van der Waals surface area contributed by atoms with E-state index >= 15 is 0 Å². The minimum absolute atomic E-state index is 0.103. The maximum atomic E-state index is 11.4. The Balaban J connectivity index is 3.77. The second kappa shape index (κ2) is 9.42. The zero-order chi connectivity index (χ0) is 13.3. The average Bonchev–Trinajstić information content (AvgIpc) is 2.21. The summed E-state index contributed by atoms with van der Waals surface area (Å²) in [6.07, 6.45) is 0.521. The van der Waals surface area contributed by atoms with Crippen molar-refractivity contribution in [2.45, 2.75) is 53.1 Å². The van der Waals surface area contributed by atoms with Crippen molar-refractivity contribution >= 4 is 5.91 Å². The number of hydrogen-bond donors (Lipinski definition) is 2. The maximum absolute atomic E-state index is 11.4. The Kier molecular flexibility index (Phi) is 9.09. The van der Waals surface area contributed by atoms with Crippen molar-refractivity contribution in [2.75, 3.05) is 19.8 Å². The summed E-state index contributed by atoms with van der Waals surface area (Å²) in [5.74, 6) is 0.612. The monoisotopic (exact) mass is 244 g/mol. The van der Waals surface area contributed by atoms with Crippen LogP contribution in [0, 0.1) is 5.92 Å². The standard InChI is InChI=1S/C13H28N2O2/c1-6-17-9-12(10(2)3)14-8-7-13(16)15-11(4)5/h10-12,14H,6-9H2,1-5H3,(H,15,16). The van der Waals surface area contributed by atoms with Crippen molar-refractivity contribution in [3.05, 3.63) is 0 Å². The molecule has 0 saturated heterocycles. The summed E-state index contributed by atoms with van der Waals surface area (Å²) in [4.78, 5) is 11.4. The summed E-state index contributed by atoms with van der Waals surface area (Å²) in [6, 6.07) is 0.536. The Labute approximate surface area is 105 Å². The first-order chi connectivity index (χ1) is 7.97. The van der Waals surface area contributed by atoms with Crippen LogP contribution in [0.15, 0.2) is 0 Å². The van der Waals surface area contributed by atoms with Crippen LogP contribution < -0.4 is 10.6 Å². The molecular weight excluding hydrogens is 216 g/mol. The van der Waals surface area contributed by atoms with Crippen LogP contribution in [-0.2, 0) is 9.53 Å². The molecule has 17 heavy (non-hydrogen) atoms. The van der Waals surface area contributed by atoms with Crippen LogP contribution in [0.2, 0.25) is 0 Å². The first-order valence-corrected chi connectivity index (χ1v) is 6.57. The lowest BCUT2D eigenvalue weighted by Gasteiger charge is -2.22. The van der Waals surface area contributed by atoms with E-state index in [9.17, 15) is 4.79 Å². The molecule has 0 bridgehead atoms. The Hall–Kier alpha value is -0.610. The van der Waals surface area contributed by atoms with Gasteiger partial charge in [0.05, 0.1) is 6.61 Å². The van der Waals surface area contributed by atoms with Gasteiger partial charge in [-0.3, -0.25) is 4.79 Å². The van der Waals surface area contributed by atoms with Crippen LogP contribution in [0.3, 0.4) is 0 Å². The number of hydrogen-bond acceptors (Lipinski definition) is 3. The van der Waals surface area contributed by atoms with Crippen molar-refractivity contribution in [3.8, 4) is 0 Å². The average molecular weight is 244 g/mol. The van der Waals surface area contributed by atoms with E-state index in [4.69, 9.17) is 4.74 Å². The predicted octanol–water partition coefficient (Wildman–Crippen LogP) is 1.55. The molecule has 0 rings (SSSR count). The molecule has 2 N–H and O–H groups in total. The lowest BCUT2D eigenvalue weighted by atomic mass is 10.1. The van der Waals surface area contributed by atoms with Crippen LogP contribution in [0.25, 0.3) is 0 Å². The van der Waals surface area contributed by atoms with E-state index in [1.54, 1.807) is 0 Å². The molecule has 102 valence electrons. The van der Waals surface area contributed by atoms with Gasteiger partial charge in [0, 0.05) is 31.7 Å². The normalized spacial score (nSPS) is 13.1. The quantitative estimate of drug-likeness (QED) is 0.647. The van der Waals surface area contributed by atoms with Gasteiger partial charge in [-0.1, -0.05) is 13.8 Å². The molecule has 1 amide bonds. The molecule has 0 heterocycles. The summed E-state index contributed by atoms with van der Waals surface area (Å²) in [6.45, 7) is 12.4. The topological polar surface area (TPSA) is 50.4 Å². The highest BCUT2D eigenvalue weighted by atomic mass is 16.5. The smallest absolute Gasteiger partial charge is 0.221 e. The van der Waals surface area contributed by atoms with E-state index < -0.39 is 0 Å². The fraction of sp³-hybridized carbons (Fsp3) is 0.923. The lowest BCUT2D eigenvalue weighted by Crippen LogP contribution is -2.40. The molecular formula is C13H28N2O2. The summed E-state index contributed by atoms with van der Waals surface area (Å²) in [5.41, 5.74) is 0. The highest BCUT2D eigenvalue weighted by molar-refractivity contribution is 5.76. The number of rotatable bonds is 9. The molecule has 0 aromatic rings. The largest absolute Gasteiger partial charge is 0.380 e. The van der Waals surface area contributed by atoms with E-state index in [0.29, 0.717) is 31.5 Å². The minimum Gasteiger partial charge on any atom is -0.380 e. The molecule has 4 nitrogen and oxygen atoms in total. The summed E-state index contributed by atoms with van der Waals surface area (Å²) in [5, 5.41) is 6.25. The van der Waals surface area contributed by atoms with Crippen LogP contribution in [-0.4, -0.2) is 37.7 Å². The van der Waals surface area contributed by atoms with Crippen molar-refractivity contribution in [1.82, 2.24) is 10.6 Å². The van der Waals surface area contributed by atoms with Crippen LogP contribution in [0.1, 0.15) is 41.0 Å². The van der Waals surface area contributed by atoms with E-state index in [2.05, 4.69) is 24.5 Å². The van der Waals surface area contributed by atoms with E-state index in [-0.39, 0.29) is 11.9 Å². The van der Waals surface area contributed by atoms with Gasteiger partial charge >= 0.3 is 0 Å². The van der Waals surface area contributed by atoms with E-state index in [1.807, 2.05) is 20.8 Å². The molecule has 0 aliphatic rings. The van der Waals surface area contributed by atoms with Crippen molar-refractivity contribution in [2.24, 2.45) is 5.92 Å². The molecule has 0 aromatic carbocycles. The molecule has 1 atom stereocenters. The number of nitrogens with one attached hydrogen (secondary N) is 2. The number of amides is 1. The highest BCUT2D eigenvalue weighted by Gasteiger charge is 2.13. The predicted molar refractivity (Wildman–Crippen MR) is 71.0 cm³/mol. The lowest BCUT2D eigenvalue weighted by molar-refractivity contribution is -0.121. The third-order valence-electron chi connectivity index (χ3n) is 2.51.